The molecule has 1 heterocycles. The minimum atomic E-state index is -0.0545. The third kappa shape index (κ3) is 3.62. The van der Waals surface area contributed by atoms with Gasteiger partial charge in [-0.1, -0.05) is 6.92 Å². The first-order valence-electron chi connectivity index (χ1n) is 6.52. The lowest BCUT2D eigenvalue weighted by atomic mass is 10.1. The molecule has 0 radical (unpaired) electrons. The molecular formula is C14H21NO3. The fourth-order valence-electron chi connectivity index (χ4n) is 1.86. The van der Waals surface area contributed by atoms with Gasteiger partial charge in [0.05, 0.1) is 13.2 Å². The smallest absolute Gasteiger partial charge is 0.137 e. The van der Waals surface area contributed by atoms with E-state index < -0.39 is 0 Å². The van der Waals surface area contributed by atoms with Crippen LogP contribution in [0.25, 0.3) is 0 Å². The van der Waals surface area contributed by atoms with Gasteiger partial charge in [0.15, 0.2) is 0 Å². The molecule has 2 N–H and O–H groups in total. The second-order valence-electron chi connectivity index (χ2n) is 4.50. The first-order chi connectivity index (χ1) is 8.79. The molecule has 100 valence electrons. The van der Waals surface area contributed by atoms with Crippen molar-refractivity contribution in [1.82, 2.24) is 0 Å². The zero-order valence-corrected chi connectivity index (χ0v) is 10.8. The van der Waals surface area contributed by atoms with E-state index in [9.17, 15) is 0 Å². The number of ether oxygens (including phenoxy) is 3. The molecule has 0 aliphatic carbocycles. The van der Waals surface area contributed by atoms with Gasteiger partial charge < -0.3 is 19.9 Å². The number of benzene rings is 1. The summed E-state index contributed by atoms with van der Waals surface area (Å²) >= 11 is 0. The lowest BCUT2D eigenvalue weighted by Gasteiger charge is -2.29. The zero-order chi connectivity index (χ0) is 12.8. The molecule has 2 rings (SSSR count). The fraction of sp³-hybridized carbons (Fsp3) is 0.571. The van der Waals surface area contributed by atoms with Gasteiger partial charge in [0.1, 0.15) is 17.6 Å². The summed E-state index contributed by atoms with van der Waals surface area (Å²) in [6, 6.07) is 7.70. The van der Waals surface area contributed by atoms with E-state index in [4.69, 9.17) is 19.9 Å². The van der Waals surface area contributed by atoms with E-state index in [-0.39, 0.29) is 12.1 Å². The molecule has 1 saturated heterocycles. The zero-order valence-electron chi connectivity index (χ0n) is 10.8. The highest BCUT2D eigenvalue weighted by molar-refractivity contribution is 5.31. The second-order valence-corrected chi connectivity index (χ2v) is 4.50. The Bertz CT molecular complexity index is 353. The van der Waals surface area contributed by atoms with Crippen molar-refractivity contribution in [2.75, 3.05) is 19.8 Å². The third-order valence-electron chi connectivity index (χ3n) is 2.94. The van der Waals surface area contributed by atoms with Crippen LogP contribution in [0.3, 0.4) is 0 Å². The predicted molar refractivity (Wildman–Crippen MR) is 70.1 cm³/mol. The topological polar surface area (TPSA) is 53.7 Å². The summed E-state index contributed by atoms with van der Waals surface area (Å²) in [5.74, 6) is 1.68. The second kappa shape index (κ2) is 6.61. The Morgan fingerprint density at radius 1 is 1.28 bits per heavy atom. The van der Waals surface area contributed by atoms with E-state index in [0.717, 1.165) is 37.6 Å². The van der Waals surface area contributed by atoms with Crippen LogP contribution in [0.4, 0.5) is 0 Å². The number of nitrogens with two attached hydrogens (primary N) is 1. The van der Waals surface area contributed by atoms with E-state index in [1.54, 1.807) is 0 Å². The number of hydrogen-bond donors (Lipinski definition) is 1. The maximum absolute atomic E-state index is 5.99. The van der Waals surface area contributed by atoms with Crippen molar-refractivity contribution in [3.05, 3.63) is 24.3 Å². The van der Waals surface area contributed by atoms with Crippen LogP contribution < -0.4 is 15.2 Å². The number of hydrogen-bond acceptors (Lipinski definition) is 4. The van der Waals surface area contributed by atoms with Crippen molar-refractivity contribution in [3.8, 4) is 11.5 Å². The summed E-state index contributed by atoms with van der Waals surface area (Å²) in [5.41, 5.74) is 5.99. The SMILES string of the molecule is CCCOc1ccc(OC2COCCC2N)cc1. The van der Waals surface area contributed by atoms with Crippen molar-refractivity contribution in [2.24, 2.45) is 5.73 Å². The van der Waals surface area contributed by atoms with Crippen molar-refractivity contribution in [3.63, 3.8) is 0 Å². The van der Waals surface area contributed by atoms with Crippen LogP contribution in [0, 0.1) is 0 Å². The highest BCUT2D eigenvalue weighted by atomic mass is 16.5. The average molecular weight is 251 g/mol. The fourth-order valence-corrected chi connectivity index (χ4v) is 1.86. The van der Waals surface area contributed by atoms with Crippen molar-refractivity contribution in [1.29, 1.82) is 0 Å². The van der Waals surface area contributed by atoms with Gasteiger partial charge in [-0.2, -0.15) is 0 Å². The largest absolute Gasteiger partial charge is 0.494 e. The normalized spacial score (nSPS) is 23.7. The molecule has 0 amide bonds. The minimum Gasteiger partial charge on any atom is -0.494 e. The molecule has 0 saturated carbocycles. The van der Waals surface area contributed by atoms with E-state index in [0.29, 0.717) is 6.61 Å². The molecule has 1 aromatic carbocycles. The Hall–Kier alpha value is -1.26. The quantitative estimate of drug-likeness (QED) is 0.869. The summed E-state index contributed by atoms with van der Waals surface area (Å²) in [6.45, 7) is 4.11. The van der Waals surface area contributed by atoms with E-state index in [1.165, 1.54) is 0 Å². The minimum absolute atomic E-state index is 0.0507. The lowest BCUT2D eigenvalue weighted by molar-refractivity contribution is -0.00533. The van der Waals surface area contributed by atoms with Crippen molar-refractivity contribution in [2.45, 2.75) is 31.9 Å². The maximum Gasteiger partial charge on any atom is 0.137 e. The molecular weight excluding hydrogens is 230 g/mol. The molecule has 4 nitrogen and oxygen atoms in total. The van der Waals surface area contributed by atoms with E-state index in [1.807, 2.05) is 24.3 Å². The molecule has 2 unspecified atom stereocenters. The molecule has 1 aromatic rings. The summed E-state index contributed by atoms with van der Waals surface area (Å²) in [7, 11) is 0. The van der Waals surface area contributed by atoms with Gasteiger partial charge in [0.2, 0.25) is 0 Å². The van der Waals surface area contributed by atoms with Gasteiger partial charge in [-0.25, -0.2) is 0 Å². The first kappa shape index (κ1) is 13.2. The van der Waals surface area contributed by atoms with Crippen LogP contribution >= 0.6 is 0 Å². The average Bonchev–Trinajstić information content (AvgIpc) is 2.41. The predicted octanol–water partition coefficient (Wildman–Crippen LogP) is 1.97. The monoisotopic (exact) mass is 251 g/mol. The molecule has 1 aliphatic heterocycles. The summed E-state index contributed by atoms with van der Waals surface area (Å²) in [6.07, 6.45) is 1.80. The molecule has 0 spiro atoms. The van der Waals surface area contributed by atoms with Gasteiger partial charge in [0.25, 0.3) is 0 Å². The Kier molecular flexibility index (Phi) is 4.84. The van der Waals surface area contributed by atoms with Crippen LogP contribution in [-0.4, -0.2) is 32.0 Å². The van der Waals surface area contributed by atoms with E-state index in [2.05, 4.69) is 6.92 Å². The Morgan fingerprint density at radius 3 is 2.67 bits per heavy atom. The molecule has 0 aromatic heterocycles. The molecule has 0 bridgehead atoms. The van der Waals surface area contributed by atoms with Gasteiger partial charge in [0, 0.05) is 12.6 Å². The molecule has 1 fully saturated rings. The summed E-state index contributed by atoms with van der Waals surface area (Å²) < 4.78 is 16.7. The van der Waals surface area contributed by atoms with Crippen molar-refractivity contribution < 1.29 is 14.2 Å². The van der Waals surface area contributed by atoms with Gasteiger partial charge in [-0.15, -0.1) is 0 Å². The van der Waals surface area contributed by atoms with Crippen molar-refractivity contribution >= 4 is 0 Å². The highest BCUT2D eigenvalue weighted by Crippen LogP contribution is 2.20. The van der Waals surface area contributed by atoms with Crippen LogP contribution in [0.5, 0.6) is 11.5 Å². The lowest BCUT2D eigenvalue weighted by Crippen LogP contribution is -2.46. The summed E-state index contributed by atoms with van der Waals surface area (Å²) in [4.78, 5) is 0. The Balaban J connectivity index is 1.89. The first-order valence-corrected chi connectivity index (χ1v) is 6.52. The van der Waals surface area contributed by atoms with Crippen LogP contribution in [0.1, 0.15) is 19.8 Å². The van der Waals surface area contributed by atoms with Gasteiger partial charge >= 0.3 is 0 Å². The molecule has 4 heteroatoms. The van der Waals surface area contributed by atoms with Crippen LogP contribution in [0.2, 0.25) is 0 Å². The Morgan fingerprint density at radius 2 is 2.00 bits per heavy atom. The standard InChI is InChI=1S/C14H21NO3/c1-2-8-17-11-3-5-12(6-4-11)18-14-10-16-9-7-13(14)15/h3-6,13-14H,2,7-10,15H2,1H3. The highest BCUT2D eigenvalue weighted by Gasteiger charge is 2.23. The van der Waals surface area contributed by atoms with Gasteiger partial charge in [-0.05, 0) is 37.1 Å². The maximum atomic E-state index is 5.99. The summed E-state index contributed by atoms with van der Waals surface area (Å²) in [5, 5.41) is 0. The van der Waals surface area contributed by atoms with E-state index >= 15 is 0 Å². The molecule has 2 atom stereocenters. The van der Waals surface area contributed by atoms with Gasteiger partial charge in [-0.3, -0.25) is 0 Å². The van der Waals surface area contributed by atoms with Crippen LogP contribution in [0.15, 0.2) is 24.3 Å². The Labute approximate surface area is 108 Å². The molecule has 1 aliphatic rings. The number of rotatable bonds is 5. The third-order valence-corrected chi connectivity index (χ3v) is 2.94. The molecule has 18 heavy (non-hydrogen) atoms. The van der Waals surface area contributed by atoms with Crippen LogP contribution in [-0.2, 0) is 4.74 Å².